The number of piperidine rings is 1. The van der Waals surface area contributed by atoms with E-state index in [1.165, 1.54) is 0 Å². The summed E-state index contributed by atoms with van der Waals surface area (Å²) in [4.78, 5) is 32.3. The van der Waals surface area contributed by atoms with Gasteiger partial charge >= 0.3 is 6.09 Å². The zero-order valence-electron chi connectivity index (χ0n) is 21.5. The lowest BCUT2D eigenvalue weighted by molar-refractivity contribution is 0.0798. The molecule has 4 aromatic rings. The Morgan fingerprint density at radius 2 is 1.58 bits per heavy atom. The minimum Gasteiger partial charge on any atom is -0.488 e. The molecule has 1 unspecified atom stereocenters. The summed E-state index contributed by atoms with van der Waals surface area (Å²) in [5, 5.41) is 0. The quantitative estimate of drug-likeness (QED) is 0.316. The van der Waals surface area contributed by atoms with Gasteiger partial charge in [-0.25, -0.2) is 9.78 Å². The van der Waals surface area contributed by atoms with E-state index in [1.807, 2.05) is 84.9 Å². The molecule has 3 aromatic carbocycles. The van der Waals surface area contributed by atoms with Crippen LogP contribution >= 0.6 is 0 Å². The van der Waals surface area contributed by atoms with Gasteiger partial charge in [-0.3, -0.25) is 4.79 Å². The molecule has 7 heteroatoms. The fourth-order valence-corrected chi connectivity index (χ4v) is 4.73. The first-order valence-corrected chi connectivity index (χ1v) is 12.9. The van der Waals surface area contributed by atoms with Crippen LogP contribution in [0, 0.1) is 6.92 Å². The molecule has 38 heavy (non-hydrogen) atoms. The van der Waals surface area contributed by atoms with Crippen LogP contribution in [0.5, 0.6) is 5.75 Å². The van der Waals surface area contributed by atoms with E-state index in [0.29, 0.717) is 36.8 Å². The molecule has 1 aliphatic heterocycles. The maximum Gasteiger partial charge on any atom is 0.410 e. The molecule has 0 aliphatic carbocycles. The van der Waals surface area contributed by atoms with E-state index in [0.717, 1.165) is 29.5 Å². The summed E-state index contributed by atoms with van der Waals surface area (Å²) in [7, 11) is 0. The Morgan fingerprint density at radius 1 is 0.921 bits per heavy atom. The van der Waals surface area contributed by atoms with Crippen LogP contribution in [-0.4, -0.2) is 33.6 Å². The van der Waals surface area contributed by atoms with Gasteiger partial charge in [0.2, 0.25) is 0 Å². The fourth-order valence-electron chi connectivity index (χ4n) is 4.73. The van der Waals surface area contributed by atoms with Crippen molar-refractivity contribution >= 4 is 6.09 Å². The van der Waals surface area contributed by atoms with Crippen molar-refractivity contribution in [2.45, 2.75) is 39.0 Å². The summed E-state index contributed by atoms with van der Waals surface area (Å²) in [6.07, 6.45) is 3.00. The van der Waals surface area contributed by atoms with Crippen LogP contribution in [0.4, 0.5) is 4.79 Å². The lowest BCUT2D eigenvalue weighted by Gasteiger charge is -2.33. The number of carbonyl (C=O) groups excluding carboxylic acids is 1. The van der Waals surface area contributed by atoms with Gasteiger partial charge in [0.05, 0.1) is 11.7 Å². The molecule has 2 heterocycles. The Hall–Kier alpha value is -4.39. The lowest BCUT2D eigenvalue weighted by Crippen LogP contribution is -2.43. The van der Waals surface area contributed by atoms with Crippen LogP contribution in [0.3, 0.4) is 0 Å². The maximum absolute atomic E-state index is 13.2. The second kappa shape index (κ2) is 11.8. The Balaban J connectivity index is 1.35. The molecule has 0 radical (unpaired) electrons. The molecule has 1 atom stereocenters. The average molecular weight is 510 g/mol. The van der Waals surface area contributed by atoms with Gasteiger partial charge in [0.25, 0.3) is 5.56 Å². The van der Waals surface area contributed by atoms with Crippen molar-refractivity contribution in [1.82, 2.24) is 14.5 Å². The summed E-state index contributed by atoms with van der Waals surface area (Å²) in [5.74, 6) is 0.697. The molecule has 194 valence electrons. The second-order valence-corrected chi connectivity index (χ2v) is 9.48. The largest absolute Gasteiger partial charge is 0.488 e. The molecule has 1 aliphatic rings. The third-order valence-corrected chi connectivity index (χ3v) is 6.75. The normalized spacial score (nSPS) is 15.2. The molecule has 0 N–H and O–H groups in total. The van der Waals surface area contributed by atoms with Crippen LogP contribution in [0.25, 0.3) is 11.3 Å². The number of carbonyl (C=O) groups is 1. The molecule has 1 amide bonds. The average Bonchev–Trinajstić information content (AvgIpc) is 2.97. The molecule has 0 spiro atoms. The number of hydrogen-bond acceptors (Lipinski definition) is 5. The number of aryl methyl sites for hydroxylation is 1. The van der Waals surface area contributed by atoms with Crippen LogP contribution in [-0.2, 0) is 18.0 Å². The lowest BCUT2D eigenvalue weighted by atomic mass is 10.0. The minimum absolute atomic E-state index is 0.152. The zero-order chi connectivity index (χ0) is 26.3. The molecular weight excluding hydrogens is 478 g/mol. The molecule has 0 bridgehead atoms. The fraction of sp³-hybridized carbons (Fsp3) is 0.258. The van der Waals surface area contributed by atoms with Crippen molar-refractivity contribution in [1.29, 1.82) is 0 Å². The van der Waals surface area contributed by atoms with E-state index in [2.05, 4.69) is 4.98 Å². The number of ether oxygens (including phenoxy) is 2. The zero-order valence-corrected chi connectivity index (χ0v) is 21.5. The number of rotatable bonds is 7. The summed E-state index contributed by atoms with van der Waals surface area (Å²) in [6, 6.07) is 27.1. The molecule has 1 aromatic heterocycles. The smallest absolute Gasteiger partial charge is 0.410 e. The first-order valence-electron chi connectivity index (χ1n) is 12.9. The Morgan fingerprint density at radius 3 is 2.32 bits per heavy atom. The molecule has 5 rings (SSSR count). The van der Waals surface area contributed by atoms with Crippen LogP contribution < -0.4 is 10.3 Å². The van der Waals surface area contributed by atoms with E-state index < -0.39 is 0 Å². The number of hydrogen-bond donors (Lipinski definition) is 0. The van der Waals surface area contributed by atoms with Gasteiger partial charge in [0, 0.05) is 24.8 Å². The number of likely N-dealkylation sites (tertiary alicyclic amines) is 1. The van der Waals surface area contributed by atoms with Crippen molar-refractivity contribution in [3.63, 3.8) is 0 Å². The third-order valence-electron chi connectivity index (χ3n) is 6.75. The van der Waals surface area contributed by atoms with Crippen molar-refractivity contribution in [3.05, 3.63) is 118 Å². The Kier molecular flexibility index (Phi) is 7.83. The minimum atomic E-state index is -0.364. The third kappa shape index (κ3) is 5.94. The van der Waals surface area contributed by atoms with E-state index >= 15 is 0 Å². The summed E-state index contributed by atoms with van der Waals surface area (Å²) >= 11 is 0. The van der Waals surface area contributed by atoms with Crippen molar-refractivity contribution < 1.29 is 14.3 Å². The van der Waals surface area contributed by atoms with Crippen molar-refractivity contribution in [2.24, 2.45) is 0 Å². The van der Waals surface area contributed by atoms with Crippen LogP contribution in [0.1, 0.15) is 35.7 Å². The Labute approximate surface area is 222 Å². The van der Waals surface area contributed by atoms with Crippen molar-refractivity contribution in [3.8, 4) is 17.0 Å². The van der Waals surface area contributed by atoms with E-state index in [-0.39, 0.29) is 24.3 Å². The van der Waals surface area contributed by atoms with Gasteiger partial charge < -0.3 is 18.9 Å². The number of nitrogens with zero attached hydrogens (tertiary/aromatic N) is 3. The maximum atomic E-state index is 13.2. The van der Waals surface area contributed by atoms with Gasteiger partial charge in [0.15, 0.2) is 0 Å². The van der Waals surface area contributed by atoms with Gasteiger partial charge in [-0.15, -0.1) is 0 Å². The van der Waals surface area contributed by atoms with Gasteiger partial charge in [0.1, 0.15) is 24.7 Å². The molecule has 1 fully saturated rings. The summed E-state index contributed by atoms with van der Waals surface area (Å²) < 4.78 is 13.4. The monoisotopic (exact) mass is 509 g/mol. The van der Waals surface area contributed by atoms with Crippen molar-refractivity contribution in [2.75, 3.05) is 13.1 Å². The van der Waals surface area contributed by atoms with Gasteiger partial charge in [-0.05, 0) is 43.0 Å². The number of aromatic nitrogens is 2. The predicted octanol–water partition coefficient (Wildman–Crippen LogP) is 5.77. The molecule has 1 saturated heterocycles. The first kappa shape index (κ1) is 25.3. The SMILES string of the molecule is Cc1nc(-c2ccccc2OCc2ccccc2)cn(C2CCCN(C(=O)OCc3ccccc3)C2)c1=O. The van der Waals surface area contributed by atoms with E-state index in [9.17, 15) is 9.59 Å². The standard InChI is InChI=1S/C31H31N3O4/c1-23-30(35)34(26-15-10-18-33(19-26)31(36)38-22-25-13-6-3-7-14-25)20-28(32-23)27-16-8-9-17-29(27)37-21-24-11-4-2-5-12-24/h2-9,11-14,16-17,20,26H,10,15,18-19,21-22H2,1H3. The van der Waals surface area contributed by atoms with E-state index in [4.69, 9.17) is 9.47 Å². The number of amides is 1. The summed E-state index contributed by atoms with van der Waals surface area (Å²) in [5.41, 5.74) is 3.74. The highest BCUT2D eigenvalue weighted by Gasteiger charge is 2.27. The highest BCUT2D eigenvalue weighted by molar-refractivity contribution is 5.68. The highest BCUT2D eigenvalue weighted by Crippen LogP contribution is 2.30. The summed E-state index contributed by atoms with van der Waals surface area (Å²) in [6.45, 7) is 3.39. The van der Waals surface area contributed by atoms with Gasteiger partial charge in [-0.2, -0.15) is 0 Å². The second-order valence-electron chi connectivity index (χ2n) is 9.48. The van der Waals surface area contributed by atoms with E-state index in [1.54, 1.807) is 22.6 Å². The number of para-hydroxylation sites is 1. The highest BCUT2D eigenvalue weighted by atomic mass is 16.6. The van der Waals surface area contributed by atoms with Crippen LogP contribution in [0.15, 0.2) is 95.9 Å². The Bertz CT molecular complexity index is 1440. The van der Waals surface area contributed by atoms with Crippen LogP contribution in [0.2, 0.25) is 0 Å². The number of benzene rings is 3. The molecular formula is C31H31N3O4. The molecule has 0 saturated carbocycles. The van der Waals surface area contributed by atoms with Gasteiger partial charge in [-0.1, -0.05) is 72.8 Å². The molecule has 7 nitrogen and oxygen atoms in total. The predicted molar refractivity (Wildman–Crippen MR) is 146 cm³/mol. The first-order chi connectivity index (χ1) is 18.6. The topological polar surface area (TPSA) is 73.7 Å².